The van der Waals surface area contributed by atoms with E-state index in [9.17, 15) is 8.42 Å². The predicted octanol–water partition coefficient (Wildman–Crippen LogP) is 1.10. The molecule has 1 rings (SSSR count). The van der Waals surface area contributed by atoms with Crippen molar-refractivity contribution < 1.29 is 8.42 Å². The third kappa shape index (κ3) is 2.01. The quantitative estimate of drug-likeness (QED) is 0.705. The Morgan fingerprint density at radius 1 is 1.50 bits per heavy atom. The molecule has 82 valence electrons. The molecular formula is C10H19NO2S. The summed E-state index contributed by atoms with van der Waals surface area (Å²) in [7, 11) is -2.91. The number of hydrogen-bond donors (Lipinski definition) is 1. The van der Waals surface area contributed by atoms with Crippen molar-refractivity contribution >= 4 is 9.84 Å². The lowest BCUT2D eigenvalue weighted by molar-refractivity contribution is 0.494. The lowest BCUT2D eigenvalue weighted by Gasteiger charge is -2.23. The Morgan fingerprint density at radius 3 is 2.43 bits per heavy atom. The monoisotopic (exact) mass is 217 g/mol. The predicted molar refractivity (Wildman–Crippen MR) is 58.8 cm³/mol. The second-order valence-corrected chi connectivity index (χ2v) is 7.25. The molecule has 0 amide bonds. The fourth-order valence-electron chi connectivity index (χ4n) is 1.76. The molecule has 2 atom stereocenters. The first-order valence-corrected chi connectivity index (χ1v) is 6.59. The summed E-state index contributed by atoms with van der Waals surface area (Å²) in [5.74, 6) is 0.409. The van der Waals surface area contributed by atoms with Gasteiger partial charge in [0.25, 0.3) is 0 Å². The van der Waals surface area contributed by atoms with Gasteiger partial charge in [0.05, 0.1) is 10.5 Å². The van der Waals surface area contributed by atoms with E-state index in [0.29, 0.717) is 5.75 Å². The van der Waals surface area contributed by atoms with Gasteiger partial charge >= 0.3 is 0 Å². The molecule has 3 nitrogen and oxygen atoms in total. The van der Waals surface area contributed by atoms with Gasteiger partial charge in [-0.25, -0.2) is 8.42 Å². The zero-order valence-electron chi connectivity index (χ0n) is 9.03. The average Bonchev–Trinajstić information content (AvgIpc) is 2.20. The molecule has 1 heterocycles. The summed E-state index contributed by atoms with van der Waals surface area (Å²) in [5.41, 5.74) is 5.59. The van der Waals surface area contributed by atoms with E-state index in [1.807, 2.05) is 19.1 Å². The first-order chi connectivity index (χ1) is 6.27. The number of sulfone groups is 1. The minimum Gasteiger partial charge on any atom is -0.325 e. The molecule has 0 spiro atoms. The molecule has 0 bridgehead atoms. The maximum Gasteiger partial charge on any atom is 0.156 e. The van der Waals surface area contributed by atoms with Crippen LogP contribution in [0.15, 0.2) is 12.2 Å². The molecule has 4 heteroatoms. The normalized spacial score (nSPS) is 32.1. The van der Waals surface area contributed by atoms with Gasteiger partial charge < -0.3 is 5.73 Å². The molecule has 0 aliphatic carbocycles. The largest absolute Gasteiger partial charge is 0.325 e. The maximum atomic E-state index is 11.7. The Hall–Kier alpha value is -0.350. The van der Waals surface area contributed by atoms with Crippen molar-refractivity contribution in [2.45, 2.75) is 38.0 Å². The SMILES string of the molecule is CC(N)/C=C/C1CCS(=O)(=O)C1(C)C. The minimum atomic E-state index is -2.91. The Labute approximate surface area is 86.3 Å². The summed E-state index contributed by atoms with van der Waals surface area (Å²) in [6.45, 7) is 5.48. The highest BCUT2D eigenvalue weighted by atomic mass is 32.2. The zero-order valence-corrected chi connectivity index (χ0v) is 9.84. The first kappa shape index (κ1) is 11.7. The molecule has 1 aliphatic heterocycles. The zero-order chi connectivity index (χ0) is 11.0. The molecule has 0 aromatic rings. The van der Waals surface area contributed by atoms with Crippen LogP contribution in [-0.2, 0) is 9.84 Å². The van der Waals surface area contributed by atoms with Crippen LogP contribution in [0.25, 0.3) is 0 Å². The van der Waals surface area contributed by atoms with Crippen molar-refractivity contribution in [1.29, 1.82) is 0 Å². The van der Waals surface area contributed by atoms with Crippen LogP contribution in [0, 0.1) is 5.92 Å². The first-order valence-electron chi connectivity index (χ1n) is 4.93. The van der Waals surface area contributed by atoms with E-state index in [-0.39, 0.29) is 12.0 Å². The molecule has 0 aromatic heterocycles. The lowest BCUT2D eigenvalue weighted by atomic mass is 9.92. The van der Waals surface area contributed by atoms with Crippen LogP contribution in [0.2, 0.25) is 0 Å². The number of rotatable bonds is 2. The molecule has 0 aromatic carbocycles. The van der Waals surface area contributed by atoms with Crippen molar-refractivity contribution in [1.82, 2.24) is 0 Å². The summed E-state index contributed by atoms with van der Waals surface area (Å²) in [6.07, 6.45) is 4.56. The van der Waals surface area contributed by atoms with Gasteiger partial charge in [-0.15, -0.1) is 0 Å². The molecule has 1 fully saturated rings. The fourth-order valence-corrected chi connectivity index (χ4v) is 3.51. The van der Waals surface area contributed by atoms with E-state index in [1.165, 1.54) is 0 Å². The van der Waals surface area contributed by atoms with E-state index in [0.717, 1.165) is 6.42 Å². The molecular weight excluding hydrogens is 198 g/mol. The van der Waals surface area contributed by atoms with Gasteiger partial charge in [-0.05, 0) is 33.1 Å². The Morgan fingerprint density at radius 2 is 2.07 bits per heavy atom. The maximum absolute atomic E-state index is 11.7. The number of allylic oxidation sites excluding steroid dienone is 1. The van der Waals surface area contributed by atoms with Gasteiger partial charge in [-0.3, -0.25) is 0 Å². The average molecular weight is 217 g/mol. The molecule has 0 saturated carbocycles. The van der Waals surface area contributed by atoms with Crippen LogP contribution in [-0.4, -0.2) is 25.0 Å². The van der Waals surface area contributed by atoms with Gasteiger partial charge in [0.15, 0.2) is 9.84 Å². The van der Waals surface area contributed by atoms with Crippen LogP contribution in [0.4, 0.5) is 0 Å². The minimum absolute atomic E-state index is 0.00546. The molecule has 0 radical (unpaired) electrons. The molecule has 1 aliphatic rings. The Bertz CT molecular complexity index is 328. The third-order valence-electron chi connectivity index (χ3n) is 3.04. The van der Waals surface area contributed by atoms with Crippen molar-refractivity contribution in [3.63, 3.8) is 0 Å². The Balaban J connectivity index is 2.86. The van der Waals surface area contributed by atoms with Gasteiger partial charge in [-0.2, -0.15) is 0 Å². The van der Waals surface area contributed by atoms with Gasteiger partial charge in [0.2, 0.25) is 0 Å². The molecule has 2 N–H and O–H groups in total. The second kappa shape index (κ2) is 3.66. The number of nitrogens with two attached hydrogens (primary N) is 1. The van der Waals surface area contributed by atoms with Gasteiger partial charge in [0.1, 0.15) is 0 Å². The van der Waals surface area contributed by atoms with Crippen molar-refractivity contribution in [3.05, 3.63) is 12.2 Å². The highest BCUT2D eigenvalue weighted by Crippen LogP contribution is 2.37. The van der Waals surface area contributed by atoms with Crippen molar-refractivity contribution in [2.24, 2.45) is 11.7 Å². The molecule has 1 saturated heterocycles. The van der Waals surface area contributed by atoms with E-state index in [2.05, 4.69) is 0 Å². The van der Waals surface area contributed by atoms with Crippen LogP contribution >= 0.6 is 0 Å². The third-order valence-corrected chi connectivity index (χ3v) is 5.72. The van der Waals surface area contributed by atoms with Crippen LogP contribution < -0.4 is 5.73 Å². The smallest absolute Gasteiger partial charge is 0.156 e. The highest BCUT2D eigenvalue weighted by molar-refractivity contribution is 7.93. The van der Waals surface area contributed by atoms with Crippen molar-refractivity contribution in [3.8, 4) is 0 Å². The standard InChI is InChI=1S/C10H19NO2S/c1-8(11)4-5-9-6-7-14(12,13)10(9,2)3/h4-5,8-9H,6-7,11H2,1-3H3/b5-4+. The van der Waals surface area contributed by atoms with Crippen LogP contribution in [0.3, 0.4) is 0 Å². The number of hydrogen-bond acceptors (Lipinski definition) is 3. The van der Waals surface area contributed by atoms with E-state index in [4.69, 9.17) is 5.73 Å². The van der Waals surface area contributed by atoms with E-state index >= 15 is 0 Å². The molecule has 2 unspecified atom stereocenters. The lowest BCUT2D eigenvalue weighted by Crippen LogP contribution is -2.32. The summed E-state index contributed by atoms with van der Waals surface area (Å²) in [5, 5.41) is 0. The fraction of sp³-hybridized carbons (Fsp3) is 0.800. The van der Waals surface area contributed by atoms with Gasteiger partial charge in [0, 0.05) is 6.04 Å². The van der Waals surface area contributed by atoms with Crippen molar-refractivity contribution in [2.75, 3.05) is 5.75 Å². The second-order valence-electron chi connectivity index (χ2n) is 4.56. The summed E-state index contributed by atoms with van der Waals surface area (Å²) >= 11 is 0. The van der Waals surface area contributed by atoms with E-state index < -0.39 is 14.6 Å². The Kier molecular flexibility index (Phi) is 3.07. The van der Waals surface area contributed by atoms with E-state index in [1.54, 1.807) is 13.8 Å². The van der Waals surface area contributed by atoms with Gasteiger partial charge in [-0.1, -0.05) is 12.2 Å². The van der Waals surface area contributed by atoms with Crippen LogP contribution in [0.5, 0.6) is 0 Å². The topological polar surface area (TPSA) is 60.2 Å². The summed E-state index contributed by atoms with van der Waals surface area (Å²) in [6, 6.07) is -0.00546. The van der Waals surface area contributed by atoms with Crippen LogP contribution in [0.1, 0.15) is 27.2 Å². The molecule has 14 heavy (non-hydrogen) atoms. The summed E-state index contributed by atoms with van der Waals surface area (Å²) < 4.78 is 22.7. The highest BCUT2D eigenvalue weighted by Gasteiger charge is 2.46. The summed E-state index contributed by atoms with van der Waals surface area (Å²) in [4.78, 5) is 0.